The van der Waals surface area contributed by atoms with Crippen LogP contribution >= 0.6 is 11.3 Å². The lowest BCUT2D eigenvalue weighted by molar-refractivity contribution is -0.142. The number of para-hydroxylation sites is 1. The molecule has 0 atom stereocenters. The molecule has 2 aromatic carbocycles. The third-order valence-corrected chi connectivity index (χ3v) is 10.3. The van der Waals surface area contributed by atoms with E-state index in [1.54, 1.807) is 42.5 Å². The van der Waals surface area contributed by atoms with Crippen molar-refractivity contribution in [3.8, 4) is 11.5 Å². The van der Waals surface area contributed by atoms with Crippen LogP contribution in [0.25, 0.3) is 21.4 Å². The number of hydrogen-bond acceptors (Lipinski definition) is 13. The van der Waals surface area contributed by atoms with Crippen molar-refractivity contribution in [3.63, 3.8) is 0 Å². The number of ether oxygens (including phenoxy) is 3. The van der Waals surface area contributed by atoms with Gasteiger partial charge < -0.3 is 23.7 Å². The van der Waals surface area contributed by atoms with E-state index in [4.69, 9.17) is 14.2 Å². The van der Waals surface area contributed by atoms with E-state index < -0.39 is 34.5 Å². The maximum absolute atomic E-state index is 13.2. The summed E-state index contributed by atoms with van der Waals surface area (Å²) in [7, 11) is -1.16. The first-order valence-electron chi connectivity index (χ1n) is 13.7. The molecule has 18 heteroatoms. The Morgan fingerprint density at radius 1 is 1.02 bits per heavy atom. The number of nitrogens with one attached hydrogen (secondary N) is 1. The fourth-order valence-corrected chi connectivity index (χ4v) is 7.47. The number of benzene rings is 2. The van der Waals surface area contributed by atoms with Crippen LogP contribution in [0.1, 0.15) is 5.56 Å². The minimum Gasteiger partial charge on any atom is -0.493 e. The Hall–Kier alpha value is -5.36. The Balaban J connectivity index is 1.08. The quantitative estimate of drug-likeness (QED) is 0.242. The van der Waals surface area contributed by atoms with Crippen LogP contribution in [-0.2, 0) is 37.5 Å². The van der Waals surface area contributed by atoms with Gasteiger partial charge in [0.15, 0.2) is 28.5 Å². The fourth-order valence-electron chi connectivity index (χ4n) is 4.77. The van der Waals surface area contributed by atoms with Crippen molar-refractivity contribution in [2.45, 2.75) is 17.5 Å². The molecule has 0 unspecified atom stereocenters. The van der Waals surface area contributed by atoms with Crippen molar-refractivity contribution in [1.82, 2.24) is 33.7 Å². The summed E-state index contributed by atoms with van der Waals surface area (Å²) in [5, 5.41) is 2.53. The Morgan fingerprint density at radius 2 is 1.83 bits per heavy atom. The number of carbonyl (C=O) groups excluding carboxylic acids is 3. The number of methoxy groups -OCH3 is 2. The topological polar surface area (TPSA) is 188 Å². The van der Waals surface area contributed by atoms with E-state index in [1.165, 1.54) is 36.3 Å². The first-order chi connectivity index (χ1) is 22.2. The first kappa shape index (κ1) is 30.7. The van der Waals surface area contributed by atoms with E-state index in [2.05, 4.69) is 25.3 Å². The van der Waals surface area contributed by atoms with Crippen LogP contribution < -0.4 is 14.8 Å². The Bertz CT molecular complexity index is 2050. The Morgan fingerprint density at radius 3 is 2.59 bits per heavy atom. The molecule has 1 fully saturated rings. The molecule has 0 spiro atoms. The average Bonchev–Trinajstić information content (AvgIpc) is 3.69. The largest absolute Gasteiger partial charge is 0.493 e. The van der Waals surface area contributed by atoms with Crippen molar-refractivity contribution in [2.24, 2.45) is 0 Å². The lowest BCUT2D eigenvalue weighted by atomic mass is 10.2. The maximum atomic E-state index is 13.2. The predicted molar refractivity (Wildman–Crippen MR) is 164 cm³/mol. The van der Waals surface area contributed by atoms with Crippen LogP contribution in [0.2, 0.25) is 0 Å². The summed E-state index contributed by atoms with van der Waals surface area (Å²) < 4.78 is 44.9. The van der Waals surface area contributed by atoms with Gasteiger partial charge >= 0.3 is 6.09 Å². The highest BCUT2D eigenvalue weighted by atomic mass is 32.2. The number of rotatable bonds is 9. The zero-order chi connectivity index (χ0) is 32.4. The molecular formula is C28H26N8O8S2. The molecule has 1 saturated heterocycles. The lowest BCUT2D eigenvalue weighted by Crippen LogP contribution is -2.54. The molecule has 0 bridgehead atoms. The van der Waals surface area contributed by atoms with Crippen molar-refractivity contribution in [2.75, 3.05) is 39.2 Å². The number of aromatic nitrogens is 5. The summed E-state index contributed by atoms with van der Waals surface area (Å²) >= 11 is 0.981. The van der Waals surface area contributed by atoms with E-state index in [9.17, 15) is 22.8 Å². The van der Waals surface area contributed by atoms with Gasteiger partial charge in [0.2, 0.25) is 10.2 Å². The van der Waals surface area contributed by atoms with E-state index in [1.807, 2.05) is 0 Å². The molecule has 0 saturated carbocycles. The van der Waals surface area contributed by atoms with Gasteiger partial charge in [0, 0.05) is 6.54 Å². The van der Waals surface area contributed by atoms with E-state index in [0.29, 0.717) is 27.3 Å². The SMILES string of the molecule is COc1ccc(COC(=O)Nc2ncnc3c2ncn3CC(=O)N2CCN(S(=O)(=O)c3nc4ccccc4s3)C(=O)C2)cc1OC. The normalized spacial score (nSPS) is 13.7. The third-order valence-electron chi connectivity index (χ3n) is 7.06. The van der Waals surface area contributed by atoms with Crippen molar-refractivity contribution in [1.29, 1.82) is 0 Å². The average molecular weight is 667 g/mol. The number of hydrogen-bond donors (Lipinski definition) is 1. The molecule has 1 N–H and O–H groups in total. The second kappa shape index (κ2) is 12.6. The predicted octanol–water partition coefficient (Wildman–Crippen LogP) is 2.26. The van der Waals surface area contributed by atoms with Gasteiger partial charge in [-0.2, -0.15) is 8.42 Å². The van der Waals surface area contributed by atoms with Gasteiger partial charge in [-0.1, -0.05) is 18.2 Å². The van der Waals surface area contributed by atoms with Gasteiger partial charge in [-0.3, -0.25) is 14.9 Å². The molecular weight excluding hydrogens is 640 g/mol. The zero-order valence-corrected chi connectivity index (χ0v) is 26.1. The van der Waals surface area contributed by atoms with Crippen LogP contribution in [0.3, 0.4) is 0 Å². The molecule has 0 aliphatic carbocycles. The fraction of sp³-hybridized carbons (Fsp3) is 0.250. The molecule has 3 aromatic heterocycles. The number of sulfonamides is 1. The number of piperazine rings is 1. The number of thiazole rings is 1. The number of fused-ring (bicyclic) bond motifs is 2. The highest BCUT2D eigenvalue weighted by Gasteiger charge is 2.37. The molecule has 4 heterocycles. The van der Waals surface area contributed by atoms with Crippen molar-refractivity contribution >= 4 is 66.5 Å². The van der Waals surface area contributed by atoms with Gasteiger partial charge in [0.05, 0.1) is 37.3 Å². The highest BCUT2D eigenvalue weighted by molar-refractivity contribution is 7.91. The second-order valence-electron chi connectivity index (χ2n) is 9.89. The van der Waals surface area contributed by atoms with Crippen molar-refractivity contribution < 1.29 is 37.0 Å². The molecule has 238 valence electrons. The third kappa shape index (κ3) is 5.98. The maximum Gasteiger partial charge on any atom is 0.413 e. The summed E-state index contributed by atoms with van der Waals surface area (Å²) in [5.74, 6) is -0.0999. The molecule has 3 amide bonds. The number of anilines is 1. The Labute approximate surface area is 265 Å². The van der Waals surface area contributed by atoms with Crippen molar-refractivity contribution in [3.05, 3.63) is 60.7 Å². The van der Waals surface area contributed by atoms with Crippen LogP contribution in [0, 0.1) is 0 Å². The summed E-state index contributed by atoms with van der Waals surface area (Å²) in [4.78, 5) is 56.6. The highest BCUT2D eigenvalue weighted by Crippen LogP contribution is 2.29. The van der Waals surface area contributed by atoms with Crippen LogP contribution in [0.5, 0.6) is 11.5 Å². The van der Waals surface area contributed by atoms with E-state index >= 15 is 0 Å². The van der Waals surface area contributed by atoms with Gasteiger partial charge in [0.25, 0.3) is 15.9 Å². The minimum atomic E-state index is -4.18. The monoisotopic (exact) mass is 666 g/mol. The number of imidazole rings is 1. The van der Waals surface area contributed by atoms with E-state index in [0.717, 1.165) is 15.6 Å². The van der Waals surface area contributed by atoms with Crippen LogP contribution in [0.4, 0.5) is 10.6 Å². The molecule has 1 aliphatic rings. The van der Waals surface area contributed by atoms with Crippen LogP contribution in [0.15, 0.2) is 59.5 Å². The zero-order valence-electron chi connectivity index (χ0n) is 24.4. The molecule has 0 radical (unpaired) electrons. The minimum absolute atomic E-state index is 0.00493. The van der Waals surface area contributed by atoms with Gasteiger partial charge in [0.1, 0.15) is 26.0 Å². The number of nitrogens with zero attached hydrogens (tertiary/aromatic N) is 7. The number of carbonyl (C=O) groups is 3. The first-order valence-corrected chi connectivity index (χ1v) is 15.9. The van der Waals surface area contributed by atoms with Gasteiger partial charge in [-0.25, -0.2) is 29.0 Å². The summed E-state index contributed by atoms with van der Waals surface area (Å²) in [6.07, 6.45) is 1.76. The summed E-state index contributed by atoms with van der Waals surface area (Å²) in [5.41, 5.74) is 1.65. The second-order valence-corrected chi connectivity index (χ2v) is 13.0. The molecule has 5 aromatic rings. The molecule has 1 aliphatic heterocycles. The summed E-state index contributed by atoms with van der Waals surface area (Å²) in [6, 6.07) is 12.1. The standard InChI is InChI=1S/C28H26N8O8S2/c1-42-19-8-7-17(11-20(19)43-2)14-44-27(39)33-25-24-26(30-15-29-25)35(16-31-24)12-22(37)34-9-10-36(23(38)13-34)46(40,41)28-32-18-5-3-4-6-21(18)45-28/h3-8,11,15-16H,9-10,12-14H2,1-2H3,(H,29,30,33,39). The molecule has 6 rings (SSSR count). The lowest BCUT2D eigenvalue weighted by Gasteiger charge is -2.33. The van der Waals surface area contributed by atoms with Gasteiger partial charge in [-0.15, -0.1) is 11.3 Å². The molecule has 46 heavy (non-hydrogen) atoms. The number of amides is 3. The van der Waals surface area contributed by atoms with Gasteiger partial charge in [-0.05, 0) is 29.8 Å². The van der Waals surface area contributed by atoms with Crippen LogP contribution in [-0.4, -0.2) is 93.9 Å². The molecule has 16 nitrogen and oxygen atoms in total. The summed E-state index contributed by atoms with van der Waals surface area (Å²) in [6.45, 7) is -0.945. The smallest absolute Gasteiger partial charge is 0.413 e. The van der Waals surface area contributed by atoms with E-state index in [-0.39, 0.29) is 47.6 Å². The Kier molecular flexibility index (Phi) is 8.37.